The number of halogens is 1. The van der Waals surface area contributed by atoms with Gasteiger partial charge in [0.25, 0.3) is 0 Å². The molecule has 0 bridgehead atoms. The average molecular weight is 300 g/mol. The molecule has 20 heavy (non-hydrogen) atoms. The Balaban J connectivity index is 2.07. The molecule has 1 unspecified atom stereocenters. The van der Waals surface area contributed by atoms with Crippen molar-refractivity contribution in [3.8, 4) is 5.75 Å². The zero-order valence-electron chi connectivity index (χ0n) is 11.9. The summed E-state index contributed by atoms with van der Waals surface area (Å²) in [6.45, 7) is 2.06. The predicted molar refractivity (Wildman–Crippen MR) is 81.0 cm³/mol. The average Bonchev–Trinajstić information content (AvgIpc) is 2.41. The highest BCUT2D eigenvalue weighted by Gasteiger charge is 2.21. The molecule has 0 spiro atoms. The van der Waals surface area contributed by atoms with Crippen molar-refractivity contribution >= 4 is 17.3 Å². The molecule has 0 radical (unpaired) electrons. The molecule has 2 rings (SSSR count). The van der Waals surface area contributed by atoms with E-state index >= 15 is 0 Å². The Bertz CT molecular complexity index is 462. The van der Waals surface area contributed by atoms with Crippen molar-refractivity contribution in [2.24, 2.45) is 0 Å². The van der Waals surface area contributed by atoms with Crippen LogP contribution in [-0.2, 0) is 0 Å². The first kappa shape index (κ1) is 15.4. The van der Waals surface area contributed by atoms with E-state index in [0.717, 1.165) is 25.9 Å². The van der Waals surface area contributed by atoms with E-state index in [-0.39, 0.29) is 0 Å². The van der Waals surface area contributed by atoms with Gasteiger partial charge in [0.15, 0.2) is 0 Å². The fourth-order valence-electron chi connectivity index (χ4n) is 2.46. The van der Waals surface area contributed by atoms with Gasteiger partial charge in [0.2, 0.25) is 0 Å². The molecule has 1 aliphatic heterocycles. The largest absolute Gasteiger partial charge is 0.495 e. The maximum atomic E-state index is 10.3. The summed E-state index contributed by atoms with van der Waals surface area (Å²) in [7, 11) is 3.65. The first-order valence-corrected chi connectivity index (χ1v) is 7.14. The lowest BCUT2D eigenvalue weighted by Crippen LogP contribution is -2.42. The third kappa shape index (κ3) is 3.55. The van der Waals surface area contributed by atoms with Crippen LogP contribution in [0.25, 0.3) is 0 Å². The zero-order valence-corrected chi connectivity index (χ0v) is 12.7. The number of nitrogen functional groups attached to an aromatic ring is 1. The molecule has 1 atom stereocenters. The molecular weight excluding hydrogens is 278 g/mol. The number of benzene rings is 1. The molecule has 4 N–H and O–H groups in total. The van der Waals surface area contributed by atoms with Gasteiger partial charge in [0, 0.05) is 11.6 Å². The number of hydrogen-bond acceptors (Lipinski definition) is 5. The molecule has 1 heterocycles. The second kappa shape index (κ2) is 6.63. The Hall–Kier alpha value is -1.01. The van der Waals surface area contributed by atoms with Crippen molar-refractivity contribution in [1.29, 1.82) is 0 Å². The standard InChI is InChI=1S/C14H22ClN3O2/c1-18-5-3-9(4-6-18)17-14(19)10-7-13(20-2)12(16)8-11(10)15/h7-9,14,17,19H,3-6,16H2,1-2H3. The molecule has 0 amide bonds. The van der Waals surface area contributed by atoms with E-state index in [2.05, 4.69) is 17.3 Å². The van der Waals surface area contributed by atoms with Crippen LogP contribution in [0.2, 0.25) is 5.02 Å². The normalized spacial score (nSPS) is 19.0. The number of rotatable bonds is 4. The molecular formula is C14H22ClN3O2. The number of hydrogen-bond donors (Lipinski definition) is 3. The van der Waals surface area contributed by atoms with E-state index in [1.54, 1.807) is 19.2 Å². The lowest BCUT2D eigenvalue weighted by atomic mass is 10.0. The SMILES string of the molecule is COc1cc(C(O)NC2CCN(C)CC2)c(Cl)cc1N. The summed E-state index contributed by atoms with van der Waals surface area (Å²) in [5, 5.41) is 14.0. The summed E-state index contributed by atoms with van der Waals surface area (Å²) in [5.74, 6) is 0.522. The van der Waals surface area contributed by atoms with Gasteiger partial charge in [-0.2, -0.15) is 0 Å². The molecule has 0 aromatic heterocycles. The van der Waals surface area contributed by atoms with Gasteiger partial charge in [-0.05, 0) is 45.1 Å². The van der Waals surface area contributed by atoms with Crippen LogP contribution in [0.4, 0.5) is 5.69 Å². The number of nitrogens with one attached hydrogen (secondary N) is 1. The molecule has 6 heteroatoms. The first-order valence-electron chi connectivity index (χ1n) is 6.77. The van der Waals surface area contributed by atoms with Gasteiger partial charge in [0.1, 0.15) is 12.0 Å². The van der Waals surface area contributed by atoms with Crippen LogP contribution >= 0.6 is 11.6 Å². The highest BCUT2D eigenvalue weighted by Crippen LogP contribution is 2.32. The predicted octanol–water partition coefficient (Wildman–Crippen LogP) is 1.61. The number of likely N-dealkylation sites (tertiary alicyclic amines) is 1. The molecule has 1 aromatic carbocycles. The van der Waals surface area contributed by atoms with Crippen LogP contribution in [-0.4, -0.2) is 43.3 Å². The summed E-state index contributed by atoms with van der Waals surface area (Å²) in [5.41, 5.74) is 6.84. The lowest BCUT2D eigenvalue weighted by molar-refractivity contribution is 0.104. The smallest absolute Gasteiger partial charge is 0.142 e. The Morgan fingerprint density at radius 3 is 2.70 bits per heavy atom. The monoisotopic (exact) mass is 299 g/mol. The number of nitrogens with zero attached hydrogens (tertiary/aromatic N) is 1. The Morgan fingerprint density at radius 2 is 2.10 bits per heavy atom. The molecule has 1 aromatic rings. The molecule has 1 fully saturated rings. The minimum absolute atomic E-state index is 0.292. The number of piperidine rings is 1. The first-order chi connectivity index (χ1) is 9.51. The van der Waals surface area contributed by atoms with Gasteiger partial charge in [-0.3, -0.25) is 5.32 Å². The Labute approximate surface area is 124 Å². The highest BCUT2D eigenvalue weighted by atomic mass is 35.5. The number of methoxy groups -OCH3 is 1. The van der Waals surface area contributed by atoms with Gasteiger partial charge in [-0.15, -0.1) is 0 Å². The minimum atomic E-state index is -0.814. The Kier molecular flexibility index (Phi) is 5.10. The van der Waals surface area contributed by atoms with Gasteiger partial charge in [-0.1, -0.05) is 11.6 Å². The van der Waals surface area contributed by atoms with Crippen LogP contribution < -0.4 is 15.8 Å². The quantitative estimate of drug-likeness (QED) is 0.582. The molecule has 5 nitrogen and oxygen atoms in total. The van der Waals surface area contributed by atoms with Gasteiger partial charge in [-0.25, -0.2) is 0 Å². The van der Waals surface area contributed by atoms with E-state index in [1.165, 1.54) is 0 Å². The van der Waals surface area contributed by atoms with E-state index in [0.29, 0.717) is 28.1 Å². The summed E-state index contributed by atoms with van der Waals surface area (Å²) in [6.07, 6.45) is 1.21. The van der Waals surface area contributed by atoms with Crippen molar-refractivity contribution < 1.29 is 9.84 Å². The fraction of sp³-hybridized carbons (Fsp3) is 0.571. The van der Waals surface area contributed by atoms with Crippen LogP contribution in [0.15, 0.2) is 12.1 Å². The summed E-state index contributed by atoms with van der Waals surface area (Å²) >= 11 is 6.15. The summed E-state index contributed by atoms with van der Waals surface area (Å²) in [4.78, 5) is 2.28. The maximum absolute atomic E-state index is 10.3. The van der Waals surface area contributed by atoms with E-state index < -0.39 is 6.23 Å². The van der Waals surface area contributed by atoms with Crippen molar-refractivity contribution in [3.63, 3.8) is 0 Å². The fourth-order valence-corrected chi connectivity index (χ4v) is 2.73. The third-order valence-electron chi connectivity index (χ3n) is 3.76. The summed E-state index contributed by atoms with van der Waals surface area (Å²) < 4.78 is 5.17. The van der Waals surface area contributed by atoms with E-state index in [9.17, 15) is 5.11 Å². The van der Waals surface area contributed by atoms with Gasteiger partial charge < -0.3 is 20.5 Å². The summed E-state index contributed by atoms with van der Waals surface area (Å²) in [6, 6.07) is 3.58. The second-order valence-corrected chi connectivity index (χ2v) is 5.67. The van der Waals surface area contributed by atoms with Crippen molar-refractivity contribution in [1.82, 2.24) is 10.2 Å². The number of ether oxygens (including phenoxy) is 1. The number of aliphatic hydroxyl groups is 1. The van der Waals surface area contributed by atoms with Crippen molar-refractivity contribution in [2.45, 2.75) is 25.1 Å². The van der Waals surface area contributed by atoms with Gasteiger partial charge >= 0.3 is 0 Å². The zero-order chi connectivity index (χ0) is 14.7. The maximum Gasteiger partial charge on any atom is 0.142 e. The highest BCUT2D eigenvalue weighted by molar-refractivity contribution is 6.31. The van der Waals surface area contributed by atoms with Crippen molar-refractivity contribution in [2.75, 3.05) is 33.0 Å². The minimum Gasteiger partial charge on any atom is -0.495 e. The van der Waals surface area contributed by atoms with Crippen LogP contribution in [0.5, 0.6) is 5.75 Å². The van der Waals surface area contributed by atoms with Crippen molar-refractivity contribution in [3.05, 3.63) is 22.7 Å². The van der Waals surface area contributed by atoms with Crippen LogP contribution in [0.1, 0.15) is 24.6 Å². The molecule has 1 aliphatic rings. The van der Waals surface area contributed by atoms with Crippen LogP contribution in [0, 0.1) is 0 Å². The number of nitrogens with two attached hydrogens (primary N) is 1. The van der Waals surface area contributed by atoms with E-state index in [4.69, 9.17) is 22.1 Å². The lowest BCUT2D eigenvalue weighted by Gasteiger charge is -2.31. The molecule has 1 saturated heterocycles. The molecule has 0 aliphatic carbocycles. The number of anilines is 1. The van der Waals surface area contributed by atoms with E-state index in [1.807, 2.05) is 0 Å². The number of aliphatic hydroxyl groups excluding tert-OH is 1. The Morgan fingerprint density at radius 1 is 1.45 bits per heavy atom. The van der Waals surface area contributed by atoms with Gasteiger partial charge in [0.05, 0.1) is 17.8 Å². The third-order valence-corrected chi connectivity index (χ3v) is 4.08. The molecule has 0 saturated carbocycles. The topological polar surface area (TPSA) is 70.8 Å². The second-order valence-electron chi connectivity index (χ2n) is 5.26. The van der Waals surface area contributed by atoms with Crippen LogP contribution in [0.3, 0.4) is 0 Å². The molecule has 112 valence electrons.